The molecule has 2 rings (SSSR count). The third-order valence-electron chi connectivity index (χ3n) is 3.30. The SMILES string of the molecule is COc1cccc2c1CC(O)(CC(=O)O)CC2. The molecule has 1 aromatic rings. The van der Waals surface area contributed by atoms with E-state index in [4.69, 9.17) is 9.84 Å². The van der Waals surface area contributed by atoms with Gasteiger partial charge >= 0.3 is 5.97 Å². The van der Waals surface area contributed by atoms with Crippen molar-refractivity contribution in [2.45, 2.75) is 31.3 Å². The lowest BCUT2D eigenvalue weighted by Gasteiger charge is -2.33. The number of carboxylic acid groups (broad SMARTS) is 1. The summed E-state index contributed by atoms with van der Waals surface area (Å²) in [5.74, 6) is -0.239. The van der Waals surface area contributed by atoms with E-state index in [0.29, 0.717) is 19.3 Å². The molecule has 17 heavy (non-hydrogen) atoms. The number of aliphatic hydroxyl groups is 1. The molecule has 0 saturated heterocycles. The molecule has 0 heterocycles. The highest BCUT2D eigenvalue weighted by Crippen LogP contribution is 2.35. The molecule has 0 fully saturated rings. The van der Waals surface area contributed by atoms with Crippen LogP contribution in [0.15, 0.2) is 18.2 Å². The second-order valence-corrected chi connectivity index (χ2v) is 4.57. The molecule has 0 spiro atoms. The maximum absolute atomic E-state index is 10.7. The normalized spacial score (nSPS) is 22.9. The van der Waals surface area contributed by atoms with E-state index in [0.717, 1.165) is 16.9 Å². The zero-order chi connectivity index (χ0) is 12.5. The van der Waals surface area contributed by atoms with Gasteiger partial charge in [-0.15, -0.1) is 0 Å². The summed E-state index contributed by atoms with van der Waals surface area (Å²) in [5.41, 5.74) is 0.928. The van der Waals surface area contributed by atoms with Gasteiger partial charge in [0.15, 0.2) is 0 Å². The average molecular weight is 236 g/mol. The summed E-state index contributed by atoms with van der Waals surface area (Å²) in [7, 11) is 1.58. The summed E-state index contributed by atoms with van der Waals surface area (Å²) in [6, 6.07) is 5.75. The van der Waals surface area contributed by atoms with Crippen LogP contribution in [-0.2, 0) is 17.6 Å². The number of aryl methyl sites for hydroxylation is 1. The summed E-state index contributed by atoms with van der Waals surface area (Å²) in [6.07, 6.45) is 1.30. The summed E-state index contributed by atoms with van der Waals surface area (Å²) in [4.78, 5) is 10.7. The zero-order valence-corrected chi connectivity index (χ0v) is 9.77. The highest BCUT2D eigenvalue weighted by molar-refractivity contribution is 5.68. The van der Waals surface area contributed by atoms with Crippen molar-refractivity contribution in [3.63, 3.8) is 0 Å². The molecule has 4 nitrogen and oxygen atoms in total. The number of carboxylic acids is 1. The first-order chi connectivity index (χ1) is 8.04. The molecule has 1 aliphatic rings. The molecule has 0 saturated carbocycles. The topological polar surface area (TPSA) is 66.8 Å². The van der Waals surface area contributed by atoms with Crippen LogP contribution in [0, 0.1) is 0 Å². The van der Waals surface area contributed by atoms with E-state index in [9.17, 15) is 9.90 Å². The highest BCUT2D eigenvalue weighted by Gasteiger charge is 2.35. The van der Waals surface area contributed by atoms with Crippen LogP contribution in [0.1, 0.15) is 24.0 Å². The Morgan fingerprint density at radius 1 is 1.53 bits per heavy atom. The Kier molecular flexibility index (Phi) is 3.07. The fraction of sp³-hybridized carbons (Fsp3) is 0.462. The van der Waals surface area contributed by atoms with E-state index >= 15 is 0 Å². The van der Waals surface area contributed by atoms with E-state index in [1.165, 1.54) is 0 Å². The van der Waals surface area contributed by atoms with Gasteiger partial charge in [0.05, 0.1) is 19.1 Å². The van der Waals surface area contributed by atoms with Crippen LogP contribution in [-0.4, -0.2) is 28.9 Å². The van der Waals surface area contributed by atoms with Gasteiger partial charge in [-0.1, -0.05) is 12.1 Å². The second kappa shape index (κ2) is 4.37. The Morgan fingerprint density at radius 3 is 2.94 bits per heavy atom. The van der Waals surface area contributed by atoms with Crippen molar-refractivity contribution < 1.29 is 19.7 Å². The number of fused-ring (bicyclic) bond motifs is 1. The molecular weight excluding hydrogens is 220 g/mol. The molecule has 1 atom stereocenters. The molecule has 0 amide bonds. The quantitative estimate of drug-likeness (QED) is 0.832. The number of ether oxygens (including phenoxy) is 1. The molecule has 1 aliphatic carbocycles. The van der Waals surface area contributed by atoms with Gasteiger partial charge in [-0.2, -0.15) is 0 Å². The van der Waals surface area contributed by atoms with Crippen molar-refractivity contribution in [1.29, 1.82) is 0 Å². The Morgan fingerprint density at radius 2 is 2.29 bits per heavy atom. The molecule has 2 N–H and O–H groups in total. The summed E-state index contributed by atoms with van der Waals surface area (Å²) >= 11 is 0. The third kappa shape index (κ3) is 2.42. The Bertz CT molecular complexity index is 427. The number of methoxy groups -OCH3 is 1. The number of benzene rings is 1. The lowest BCUT2D eigenvalue weighted by Crippen LogP contribution is -2.38. The minimum Gasteiger partial charge on any atom is -0.496 e. The summed E-state index contributed by atoms with van der Waals surface area (Å²) < 4.78 is 5.25. The molecule has 4 heteroatoms. The third-order valence-corrected chi connectivity index (χ3v) is 3.30. The predicted octanol–water partition coefficient (Wildman–Crippen LogP) is 1.39. The predicted molar refractivity (Wildman–Crippen MR) is 62.2 cm³/mol. The van der Waals surface area contributed by atoms with E-state index in [-0.39, 0.29) is 6.42 Å². The molecule has 1 aromatic carbocycles. The average Bonchev–Trinajstić information content (AvgIpc) is 2.26. The lowest BCUT2D eigenvalue weighted by atomic mass is 9.78. The maximum atomic E-state index is 10.7. The molecule has 0 bridgehead atoms. The Labute approximate surface area is 99.8 Å². The second-order valence-electron chi connectivity index (χ2n) is 4.57. The van der Waals surface area contributed by atoms with Gasteiger partial charge < -0.3 is 14.9 Å². The van der Waals surface area contributed by atoms with E-state index < -0.39 is 11.6 Å². The number of carbonyl (C=O) groups is 1. The lowest BCUT2D eigenvalue weighted by molar-refractivity contribution is -0.143. The first kappa shape index (κ1) is 11.9. The van der Waals surface area contributed by atoms with Gasteiger partial charge in [-0.25, -0.2) is 0 Å². The van der Waals surface area contributed by atoms with Crippen LogP contribution < -0.4 is 4.74 Å². The molecule has 1 unspecified atom stereocenters. The smallest absolute Gasteiger partial charge is 0.306 e. The van der Waals surface area contributed by atoms with Crippen LogP contribution in [0.2, 0.25) is 0 Å². The van der Waals surface area contributed by atoms with Crippen molar-refractivity contribution in [3.05, 3.63) is 29.3 Å². The molecular formula is C13H16O4. The Hall–Kier alpha value is -1.55. The van der Waals surface area contributed by atoms with Crippen molar-refractivity contribution >= 4 is 5.97 Å². The van der Waals surface area contributed by atoms with Crippen molar-refractivity contribution in [1.82, 2.24) is 0 Å². The largest absolute Gasteiger partial charge is 0.496 e. The van der Waals surface area contributed by atoms with Crippen LogP contribution >= 0.6 is 0 Å². The van der Waals surface area contributed by atoms with E-state index in [1.807, 2.05) is 18.2 Å². The zero-order valence-electron chi connectivity index (χ0n) is 9.77. The minimum absolute atomic E-state index is 0.218. The van der Waals surface area contributed by atoms with Gasteiger partial charge in [0.2, 0.25) is 0 Å². The number of hydrogen-bond acceptors (Lipinski definition) is 3. The van der Waals surface area contributed by atoms with Crippen LogP contribution in [0.3, 0.4) is 0 Å². The molecule has 0 aromatic heterocycles. The highest BCUT2D eigenvalue weighted by atomic mass is 16.5. The molecule has 92 valence electrons. The van der Waals surface area contributed by atoms with Crippen molar-refractivity contribution in [3.8, 4) is 5.75 Å². The molecule has 0 aliphatic heterocycles. The number of rotatable bonds is 3. The van der Waals surface area contributed by atoms with Crippen LogP contribution in [0.5, 0.6) is 5.75 Å². The van der Waals surface area contributed by atoms with Gasteiger partial charge in [-0.05, 0) is 24.5 Å². The fourth-order valence-corrected chi connectivity index (χ4v) is 2.45. The first-order valence-corrected chi connectivity index (χ1v) is 5.63. The number of hydrogen-bond donors (Lipinski definition) is 2. The van der Waals surface area contributed by atoms with Gasteiger partial charge in [0.1, 0.15) is 5.75 Å². The maximum Gasteiger partial charge on any atom is 0.306 e. The minimum atomic E-state index is -1.15. The van der Waals surface area contributed by atoms with E-state index in [2.05, 4.69) is 0 Å². The van der Waals surface area contributed by atoms with Crippen molar-refractivity contribution in [2.75, 3.05) is 7.11 Å². The fourth-order valence-electron chi connectivity index (χ4n) is 2.45. The molecule has 0 radical (unpaired) electrons. The first-order valence-electron chi connectivity index (χ1n) is 5.63. The summed E-state index contributed by atoms with van der Waals surface area (Å²) in [5, 5.41) is 19.1. The van der Waals surface area contributed by atoms with Crippen molar-refractivity contribution in [2.24, 2.45) is 0 Å². The standard InChI is InChI=1S/C13H16O4/c1-17-11-4-2-3-9-5-6-13(16,7-10(9)11)8-12(14)15/h2-4,16H,5-8H2,1H3,(H,14,15). The van der Waals surface area contributed by atoms with Crippen LogP contribution in [0.25, 0.3) is 0 Å². The van der Waals surface area contributed by atoms with Gasteiger partial charge in [-0.3, -0.25) is 4.79 Å². The Balaban J connectivity index is 2.31. The van der Waals surface area contributed by atoms with Gasteiger partial charge in [0, 0.05) is 12.0 Å². The summed E-state index contributed by atoms with van der Waals surface area (Å²) in [6.45, 7) is 0. The van der Waals surface area contributed by atoms with Gasteiger partial charge in [0.25, 0.3) is 0 Å². The number of aliphatic carboxylic acids is 1. The van der Waals surface area contributed by atoms with E-state index in [1.54, 1.807) is 7.11 Å². The van der Waals surface area contributed by atoms with Crippen LogP contribution in [0.4, 0.5) is 0 Å². The monoisotopic (exact) mass is 236 g/mol.